The van der Waals surface area contributed by atoms with E-state index < -0.39 is 6.10 Å². The molecule has 6 heteroatoms. The summed E-state index contributed by atoms with van der Waals surface area (Å²) < 4.78 is 15.6. The standard InChI is InChI=1S/C19H24ClNO4/c1-23-15-7-4-13(5-8-15)16(22)12-21-11-10-14-6-9-17(24-2)19(25-3)18(14)20/h4-9,16,21-22H,10-12H2,1-3H3. The first-order valence-corrected chi connectivity index (χ1v) is 8.40. The molecule has 2 aromatic carbocycles. The smallest absolute Gasteiger partial charge is 0.179 e. The fourth-order valence-corrected chi connectivity index (χ4v) is 2.86. The first kappa shape index (κ1) is 19.4. The molecule has 5 nitrogen and oxygen atoms in total. The Morgan fingerprint density at radius 2 is 1.72 bits per heavy atom. The zero-order valence-electron chi connectivity index (χ0n) is 14.7. The topological polar surface area (TPSA) is 60.0 Å². The summed E-state index contributed by atoms with van der Waals surface area (Å²) in [5, 5.41) is 14.0. The molecule has 1 unspecified atom stereocenters. The predicted octanol–water partition coefficient (Wildman–Crippen LogP) is 3.23. The van der Waals surface area contributed by atoms with Crippen LogP contribution in [0.25, 0.3) is 0 Å². The molecule has 2 rings (SSSR count). The van der Waals surface area contributed by atoms with E-state index >= 15 is 0 Å². The average Bonchev–Trinajstić information content (AvgIpc) is 2.65. The third-order valence-corrected chi connectivity index (χ3v) is 4.39. The molecule has 2 N–H and O–H groups in total. The first-order chi connectivity index (χ1) is 12.1. The van der Waals surface area contributed by atoms with Crippen LogP contribution in [0, 0.1) is 0 Å². The van der Waals surface area contributed by atoms with E-state index in [-0.39, 0.29) is 0 Å². The largest absolute Gasteiger partial charge is 0.497 e. The maximum absolute atomic E-state index is 10.2. The van der Waals surface area contributed by atoms with Crippen LogP contribution in [0.1, 0.15) is 17.2 Å². The molecule has 2 aromatic rings. The van der Waals surface area contributed by atoms with Crippen LogP contribution >= 0.6 is 11.6 Å². The molecule has 0 saturated carbocycles. The summed E-state index contributed by atoms with van der Waals surface area (Å²) in [5.41, 5.74) is 1.81. The highest BCUT2D eigenvalue weighted by Crippen LogP contribution is 2.37. The van der Waals surface area contributed by atoms with Gasteiger partial charge in [0.05, 0.1) is 32.5 Å². The van der Waals surface area contributed by atoms with E-state index in [0.717, 1.165) is 16.9 Å². The number of nitrogens with one attached hydrogen (secondary N) is 1. The van der Waals surface area contributed by atoms with E-state index in [4.69, 9.17) is 25.8 Å². The van der Waals surface area contributed by atoms with Crippen LogP contribution in [0.5, 0.6) is 17.2 Å². The number of aliphatic hydroxyl groups excluding tert-OH is 1. The summed E-state index contributed by atoms with van der Waals surface area (Å²) in [4.78, 5) is 0. The van der Waals surface area contributed by atoms with Crippen molar-refractivity contribution >= 4 is 11.6 Å². The van der Waals surface area contributed by atoms with Crippen molar-refractivity contribution in [1.82, 2.24) is 5.32 Å². The number of benzene rings is 2. The predicted molar refractivity (Wildman–Crippen MR) is 99.1 cm³/mol. The summed E-state index contributed by atoms with van der Waals surface area (Å²) in [7, 11) is 4.76. The van der Waals surface area contributed by atoms with Crippen LogP contribution in [0.4, 0.5) is 0 Å². The van der Waals surface area contributed by atoms with E-state index in [2.05, 4.69) is 5.32 Å². The van der Waals surface area contributed by atoms with E-state index in [0.29, 0.717) is 36.0 Å². The molecule has 1 atom stereocenters. The van der Waals surface area contributed by atoms with E-state index in [1.165, 1.54) is 0 Å². The number of aliphatic hydroxyl groups is 1. The zero-order chi connectivity index (χ0) is 18.2. The minimum Gasteiger partial charge on any atom is -0.497 e. The van der Waals surface area contributed by atoms with Crippen molar-refractivity contribution in [3.63, 3.8) is 0 Å². The second kappa shape index (κ2) is 9.51. The first-order valence-electron chi connectivity index (χ1n) is 8.02. The monoisotopic (exact) mass is 365 g/mol. The lowest BCUT2D eigenvalue weighted by Crippen LogP contribution is -2.23. The number of rotatable bonds is 9. The highest BCUT2D eigenvalue weighted by atomic mass is 35.5. The molecule has 0 spiro atoms. The Labute approximate surface area is 153 Å². The van der Waals surface area contributed by atoms with Gasteiger partial charge >= 0.3 is 0 Å². The Kier molecular flexibility index (Phi) is 7.37. The quantitative estimate of drug-likeness (QED) is 0.668. The Balaban J connectivity index is 1.86. The molecular weight excluding hydrogens is 342 g/mol. The van der Waals surface area contributed by atoms with Gasteiger partial charge in [0.15, 0.2) is 11.5 Å². The Bertz CT molecular complexity index is 676. The molecule has 0 saturated heterocycles. The van der Waals surface area contributed by atoms with Gasteiger partial charge in [-0.3, -0.25) is 0 Å². The summed E-state index contributed by atoms with van der Waals surface area (Å²) in [6, 6.07) is 11.1. The molecule has 0 amide bonds. The fourth-order valence-electron chi connectivity index (χ4n) is 2.53. The molecule has 0 radical (unpaired) electrons. The molecule has 0 fully saturated rings. The van der Waals surface area contributed by atoms with Gasteiger partial charge in [-0.1, -0.05) is 29.8 Å². The van der Waals surface area contributed by atoms with Crippen LogP contribution in [0.15, 0.2) is 36.4 Å². The van der Waals surface area contributed by atoms with Crippen LogP contribution in [0.3, 0.4) is 0 Å². The maximum Gasteiger partial charge on any atom is 0.179 e. The Morgan fingerprint density at radius 1 is 1.00 bits per heavy atom. The Hall–Kier alpha value is -1.95. The van der Waals surface area contributed by atoms with Crippen LogP contribution in [-0.4, -0.2) is 39.5 Å². The van der Waals surface area contributed by atoms with Crippen LogP contribution < -0.4 is 19.5 Å². The van der Waals surface area contributed by atoms with Gasteiger partial charge in [-0.2, -0.15) is 0 Å². The third-order valence-electron chi connectivity index (χ3n) is 3.97. The number of hydrogen-bond donors (Lipinski definition) is 2. The van der Waals surface area contributed by atoms with Crippen molar-refractivity contribution < 1.29 is 19.3 Å². The van der Waals surface area contributed by atoms with Crippen LogP contribution in [-0.2, 0) is 6.42 Å². The second-order valence-electron chi connectivity index (χ2n) is 5.52. The van der Waals surface area contributed by atoms with Gasteiger partial charge in [0.2, 0.25) is 0 Å². The number of methoxy groups -OCH3 is 3. The lowest BCUT2D eigenvalue weighted by Gasteiger charge is -2.15. The summed E-state index contributed by atoms with van der Waals surface area (Å²) in [5.74, 6) is 1.92. The van der Waals surface area contributed by atoms with Crippen molar-refractivity contribution in [3.05, 3.63) is 52.5 Å². The molecule has 0 aliphatic heterocycles. The SMILES string of the molecule is COc1ccc(C(O)CNCCc2ccc(OC)c(OC)c2Cl)cc1. The summed E-state index contributed by atoms with van der Waals surface area (Å²) >= 11 is 6.36. The highest BCUT2D eigenvalue weighted by Gasteiger charge is 2.13. The third kappa shape index (κ3) is 5.01. The van der Waals surface area contributed by atoms with Crippen molar-refractivity contribution in [1.29, 1.82) is 0 Å². The minimum absolute atomic E-state index is 0.456. The molecule has 0 aliphatic rings. The fraction of sp³-hybridized carbons (Fsp3) is 0.368. The van der Waals surface area contributed by atoms with Gasteiger partial charge in [-0.05, 0) is 42.3 Å². The lowest BCUT2D eigenvalue weighted by molar-refractivity contribution is 0.175. The molecule has 0 heterocycles. The van der Waals surface area contributed by atoms with Crippen molar-refractivity contribution in [2.24, 2.45) is 0 Å². The lowest BCUT2D eigenvalue weighted by atomic mass is 10.1. The maximum atomic E-state index is 10.2. The van der Waals surface area contributed by atoms with Crippen molar-refractivity contribution in [2.45, 2.75) is 12.5 Å². The normalized spacial score (nSPS) is 11.9. The van der Waals surface area contributed by atoms with Crippen LogP contribution in [0.2, 0.25) is 5.02 Å². The molecule has 0 aromatic heterocycles. The number of halogens is 1. The zero-order valence-corrected chi connectivity index (χ0v) is 15.5. The van der Waals surface area contributed by atoms with Gasteiger partial charge in [-0.25, -0.2) is 0 Å². The molecular formula is C19H24ClNO4. The van der Waals surface area contributed by atoms with Gasteiger partial charge in [0, 0.05) is 6.54 Å². The molecule has 0 bridgehead atoms. The average molecular weight is 366 g/mol. The molecule has 136 valence electrons. The molecule has 0 aliphatic carbocycles. The van der Waals surface area contributed by atoms with E-state index in [1.54, 1.807) is 21.3 Å². The van der Waals surface area contributed by atoms with Crippen molar-refractivity contribution in [2.75, 3.05) is 34.4 Å². The number of ether oxygens (including phenoxy) is 3. The van der Waals surface area contributed by atoms with Gasteiger partial charge in [-0.15, -0.1) is 0 Å². The number of hydrogen-bond acceptors (Lipinski definition) is 5. The highest BCUT2D eigenvalue weighted by molar-refractivity contribution is 6.33. The Morgan fingerprint density at radius 3 is 2.32 bits per heavy atom. The van der Waals surface area contributed by atoms with E-state index in [9.17, 15) is 5.11 Å². The summed E-state index contributed by atoms with van der Waals surface area (Å²) in [6.07, 6.45) is 0.140. The van der Waals surface area contributed by atoms with E-state index in [1.807, 2.05) is 36.4 Å². The van der Waals surface area contributed by atoms with Crippen molar-refractivity contribution in [3.8, 4) is 17.2 Å². The minimum atomic E-state index is -0.577. The molecule has 25 heavy (non-hydrogen) atoms. The van der Waals surface area contributed by atoms with Gasteiger partial charge in [0.1, 0.15) is 5.75 Å². The van der Waals surface area contributed by atoms with Gasteiger partial charge in [0.25, 0.3) is 0 Å². The summed E-state index contributed by atoms with van der Waals surface area (Å²) in [6.45, 7) is 1.14. The second-order valence-corrected chi connectivity index (χ2v) is 5.90. The van der Waals surface area contributed by atoms with Gasteiger partial charge < -0.3 is 24.6 Å².